The summed E-state index contributed by atoms with van der Waals surface area (Å²) in [7, 11) is 0. The van der Waals surface area contributed by atoms with Crippen LogP contribution < -0.4 is 0 Å². The van der Waals surface area contributed by atoms with Gasteiger partial charge in [0.05, 0.1) is 6.10 Å². The van der Waals surface area contributed by atoms with Gasteiger partial charge in [-0.1, -0.05) is 30.7 Å². The van der Waals surface area contributed by atoms with Crippen molar-refractivity contribution in [3.63, 3.8) is 0 Å². The van der Waals surface area contributed by atoms with E-state index < -0.39 is 0 Å². The molecule has 2 aliphatic rings. The van der Waals surface area contributed by atoms with E-state index in [2.05, 4.69) is 19.1 Å². The number of halogens is 1. The lowest BCUT2D eigenvalue weighted by atomic mass is 9.86. The average Bonchev–Trinajstić information content (AvgIpc) is 2.90. The van der Waals surface area contributed by atoms with E-state index >= 15 is 0 Å². The number of hydrogen-bond donors (Lipinski definition) is 1. The molecular formula is C18H24ClNO2. The van der Waals surface area contributed by atoms with Crippen molar-refractivity contribution in [3.05, 3.63) is 34.9 Å². The quantitative estimate of drug-likeness (QED) is 0.906. The van der Waals surface area contributed by atoms with Crippen LogP contribution in [0.4, 0.5) is 0 Å². The van der Waals surface area contributed by atoms with E-state index in [4.69, 9.17) is 11.6 Å². The largest absolute Gasteiger partial charge is 0.393 e. The average molecular weight is 322 g/mol. The molecule has 0 radical (unpaired) electrons. The first-order chi connectivity index (χ1) is 10.5. The number of likely N-dealkylation sites (tertiary alicyclic amines) is 1. The standard InChI is InChI=1S/C18H24ClNO2/c1-12-10-20(18(22)14-4-8-16(21)9-5-14)11-17(12)13-2-6-15(19)7-3-13/h2-3,6-7,12,14,16-17,21H,4-5,8-11H2,1H3/t12-,14?,16?,17-/m1/s1. The predicted molar refractivity (Wildman–Crippen MR) is 87.9 cm³/mol. The van der Waals surface area contributed by atoms with Gasteiger partial charge >= 0.3 is 0 Å². The Kier molecular flexibility index (Phi) is 4.74. The molecule has 120 valence electrons. The van der Waals surface area contributed by atoms with Crippen LogP contribution >= 0.6 is 11.6 Å². The molecule has 3 rings (SSSR count). The summed E-state index contributed by atoms with van der Waals surface area (Å²) < 4.78 is 0. The van der Waals surface area contributed by atoms with Crippen molar-refractivity contribution >= 4 is 17.5 Å². The Morgan fingerprint density at radius 2 is 1.77 bits per heavy atom. The molecule has 0 unspecified atom stereocenters. The molecule has 3 nitrogen and oxygen atoms in total. The lowest BCUT2D eigenvalue weighted by molar-refractivity contribution is -0.136. The molecule has 1 aromatic rings. The van der Waals surface area contributed by atoms with Crippen LogP contribution in [0.2, 0.25) is 5.02 Å². The van der Waals surface area contributed by atoms with Gasteiger partial charge in [0.2, 0.25) is 5.91 Å². The van der Waals surface area contributed by atoms with Crippen LogP contribution in [-0.2, 0) is 4.79 Å². The van der Waals surface area contributed by atoms with Crippen LogP contribution in [0.15, 0.2) is 24.3 Å². The van der Waals surface area contributed by atoms with Crippen molar-refractivity contribution in [2.24, 2.45) is 11.8 Å². The highest BCUT2D eigenvalue weighted by molar-refractivity contribution is 6.30. The molecule has 22 heavy (non-hydrogen) atoms. The van der Waals surface area contributed by atoms with E-state index in [0.717, 1.165) is 43.8 Å². The number of aliphatic hydroxyl groups is 1. The minimum Gasteiger partial charge on any atom is -0.393 e. The first-order valence-electron chi connectivity index (χ1n) is 8.27. The van der Waals surface area contributed by atoms with E-state index in [9.17, 15) is 9.90 Å². The molecular weight excluding hydrogens is 298 g/mol. The number of carbonyl (C=O) groups excluding carboxylic acids is 1. The van der Waals surface area contributed by atoms with Gasteiger partial charge in [-0.25, -0.2) is 0 Å². The molecule has 0 spiro atoms. The lowest BCUT2D eigenvalue weighted by Crippen LogP contribution is -2.37. The van der Waals surface area contributed by atoms with Gasteiger partial charge in [0, 0.05) is 29.9 Å². The van der Waals surface area contributed by atoms with E-state index in [-0.39, 0.29) is 17.9 Å². The summed E-state index contributed by atoms with van der Waals surface area (Å²) in [5.74, 6) is 1.27. The highest BCUT2D eigenvalue weighted by Gasteiger charge is 2.36. The maximum atomic E-state index is 12.7. The zero-order valence-electron chi connectivity index (χ0n) is 13.0. The van der Waals surface area contributed by atoms with Gasteiger partial charge < -0.3 is 10.0 Å². The molecule has 1 aliphatic heterocycles. The maximum absolute atomic E-state index is 12.7. The Balaban J connectivity index is 1.65. The minimum atomic E-state index is -0.205. The number of nitrogens with zero attached hydrogens (tertiary/aromatic N) is 1. The second-order valence-electron chi connectivity index (χ2n) is 6.88. The SMILES string of the molecule is C[C@@H]1CN(C(=O)C2CCC(O)CC2)C[C@H]1c1ccc(Cl)cc1. The molecule has 0 bridgehead atoms. The molecule has 0 aromatic heterocycles. The van der Waals surface area contributed by atoms with Crippen LogP contribution in [0.1, 0.15) is 44.1 Å². The monoisotopic (exact) mass is 321 g/mol. The number of amides is 1. The van der Waals surface area contributed by atoms with Crippen LogP contribution in [-0.4, -0.2) is 35.1 Å². The number of carbonyl (C=O) groups is 1. The predicted octanol–water partition coefficient (Wildman–Crippen LogP) is 3.45. The van der Waals surface area contributed by atoms with Gasteiger partial charge in [0.15, 0.2) is 0 Å². The van der Waals surface area contributed by atoms with Crippen molar-refractivity contribution in [2.45, 2.75) is 44.6 Å². The fourth-order valence-electron chi connectivity index (χ4n) is 3.87. The van der Waals surface area contributed by atoms with Gasteiger partial charge in [-0.15, -0.1) is 0 Å². The normalized spacial score (nSPS) is 32.2. The number of benzene rings is 1. The fourth-order valence-corrected chi connectivity index (χ4v) is 4.00. The molecule has 1 aromatic carbocycles. The zero-order chi connectivity index (χ0) is 15.7. The first-order valence-corrected chi connectivity index (χ1v) is 8.64. The molecule has 1 heterocycles. The summed E-state index contributed by atoms with van der Waals surface area (Å²) in [5, 5.41) is 10.3. The molecule has 1 aliphatic carbocycles. The fraction of sp³-hybridized carbons (Fsp3) is 0.611. The van der Waals surface area contributed by atoms with E-state index in [1.54, 1.807) is 0 Å². The Hall–Kier alpha value is -1.06. The second kappa shape index (κ2) is 6.59. The highest BCUT2D eigenvalue weighted by Crippen LogP contribution is 2.35. The van der Waals surface area contributed by atoms with Gasteiger partial charge in [-0.05, 0) is 49.3 Å². The van der Waals surface area contributed by atoms with Crippen molar-refractivity contribution < 1.29 is 9.90 Å². The Morgan fingerprint density at radius 3 is 2.41 bits per heavy atom. The smallest absolute Gasteiger partial charge is 0.225 e. The summed E-state index contributed by atoms with van der Waals surface area (Å²) in [4.78, 5) is 14.7. The highest BCUT2D eigenvalue weighted by atomic mass is 35.5. The van der Waals surface area contributed by atoms with Crippen LogP contribution in [0.3, 0.4) is 0 Å². The van der Waals surface area contributed by atoms with Crippen LogP contribution in [0, 0.1) is 11.8 Å². The molecule has 1 amide bonds. The van der Waals surface area contributed by atoms with E-state index in [0.29, 0.717) is 11.8 Å². The van der Waals surface area contributed by atoms with Crippen LogP contribution in [0.5, 0.6) is 0 Å². The summed E-state index contributed by atoms with van der Waals surface area (Å²) in [6.45, 7) is 3.86. The Labute approximate surface area is 137 Å². The van der Waals surface area contributed by atoms with E-state index in [1.807, 2.05) is 17.0 Å². The summed E-state index contributed by atoms with van der Waals surface area (Å²) in [6, 6.07) is 8.01. The summed E-state index contributed by atoms with van der Waals surface area (Å²) in [5.41, 5.74) is 1.27. The second-order valence-corrected chi connectivity index (χ2v) is 7.32. The van der Waals surface area contributed by atoms with Gasteiger partial charge in [0.25, 0.3) is 0 Å². The Morgan fingerprint density at radius 1 is 1.14 bits per heavy atom. The molecule has 1 N–H and O–H groups in total. The van der Waals surface area contributed by atoms with Crippen molar-refractivity contribution in [2.75, 3.05) is 13.1 Å². The minimum absolute atomic E-state index is 0.111. The van der Waals surface area contributed by atoms with Crippen molar-refractivity contribution in [1.29, 1.82) is 0 Å². The molecule has 2 atom stereocenters. The van der Waals surface area contributed by atoms with Gasteiger partial charge in [-0.2, -0.15) is 0 Å². The zero-order valence-corrected chi connectivity index (χ0v) is 13.8. The van der Waals surface area contributed by atoms with Crippen molar-refractivity contribution in [3.8, 4) is 0 Å². The first kappa shape index (κ1) is 15.8. The molecule has 1 saturated heterocycles. The lowest BCUT2D eigenvalue weighted by Gasteiger charge is -2.28. The maximum Gasteiger partial charge on any atom is 0.225 e. The van der Waals surface area contributed by atoms with Gasteiger partial charge in [-0.3, -0.25) is 4.79 Å². The molecule has 2 fully saturated rings. The summed E-state index contributed by atoms with van der Waals surface area (Å²) in [6.07, 6.45) is 2.98. The molecule has 4 heteroatoms. The third-order valence-electron chi connectivity index (χ3n) is 5.27. The van der Waals surface area contributed by atoms with E-state index in [1.165, 1.54) is 5.56 Å². The topological polar surface area (TPSA) is 40.5 Å². The van der Waals surface area contributed by atoms with Gasteiger partial charge in [0.1, 0.15) is 0 Å². The molecule has 1 saturated carbocycles. The third-order valence-corrected chi connectivity index (χ3v) is 5.52. The van der Waals surface area contributed by atoms with Crippen LogP contribution in [0.25, 0.3) is 0 Å². The number of aliphatic hydroxyl groups excluding tert-OH is 1. The number of rotatable bonds is 2. The third kappa shape index (κ3) is 3.31. The number of hydrogen-bond acceptors (Lipinski definition) is 2. The summed E-state index contributed by atoms with van der Waals surface area (Å²) >= 11 is 5.96. The Bertz CT molecular complexity index is 522. The van der Waals surface area contributed by atoms with Crippen molar-refractivity contribution in [1.82, 2.24) is 4.90 Å².